The van der Waals surface area contributed by atoms with E-state index in [1.54, 1.807) is 11.9 Å². The zero-order chi connectivity index (χ0) is 15.1. The third kappa shape index (κ3) is 2.34. The van der Waals surface area contributed by atoms with E-state index in [0.29, 0.717) is 6.42 Å². The summed E-state index contributed by atoms with van der Waals surface area (Å²) in [6.07, 6.45) is -0.241. The van der Waals surface area contributed by atoms with Crippen molar-refractivity contribution >= 4 is 11.6 Å². The highest BCUT2D eigenvalue weighted by Crippen LogP contribution is 2.32. The van der Waals surface area contributed by atoms with E-state index >= 15 is 0 Å². The van der Waals surface area contributed by atoms with Crippen molar-refractivity contribution in [2.75, 3.05) is 11.9 Å². The quantitative estimate of drug-likeness (QED) is 0.919. The largest absolute Gasteiger partial charge is 0.384 e. The molecule has 2 aromatic rings. The summed E-state index contributed by atoms with van der Waals surface area (Å²) in [6, 6.07) is 11.8. The number of rotatable bonds is 2. The number of amides is 1. The number of carbonyl (C=O) groups excluding carboxylic acids is 1. The van der Waals surface area contributed by atoms with Gasteiger partial charge in [0, 0.05) is 12.7 Å². The number of nitrogens with zero attached hydrogens (tertiary/aromatic N) is 1. The highest BCUT2D eigenvalue weighted by Gasteiger charge is 2.25. The van der Waals surface area contributed by atoms with Crippen molar-refractivity contribution in [3.63, 3.8) is 0 Å². The summed E-state index contributed by atoms with van der Waals surface area (Å²) in [6.45, 7) is 4.10. The van der Waals surface area contributed by atoms with Crippen LogP contribution >= 0.6 is 0 Å². The molecule has 3 heteroatoms. The molecule has 0 aromatic heterocycles. The van der Waals surface area contributed by atoms with Crippen LogP contribution in [0.3, 0.4) is 0 Å². The second-order valence-electron chi connectivity index (χ2n) is 5.76. The van der Waals surface area contributed by atoms with Gasteiger partial charge in [-0.1, -0.05) is 30.3 Å². The summed E-state index contributed by atoms with van der Waals surface area (Å²) in [5.41, 5.74) is 6.03. The number of benzene rings is 2. The summed E-state index contributed by atoms with van der Waals surface area (Å²) < 4.78 is 0. The number of carbonyl (C=O) groups is 1. The van der Waals surface area contributed by atoms with Gasteiger partial charge in [-0.05, 0) is 47.7 Å². The van der Waals surface area contributed by atoms with Gasteiger partial charge >= 0.3 is 0 Å². The predicted molar refractivity (Wildman–Crippen MR) is 83.5 cm³/mol. The molecule has 1 heterocycles. The van der Waals surface area contributed by atoms with E-state index in [9.17, 15) is 9.90 Å². The number of aliphatic hydroxyl groups excluding tert-OH is 1. The fourth-order valence-electron chi connectivity index (χ4n) is 2.79. The van der Waals surface area contributed by atoms with Crippen LogP contribution in [0.4, 0.5) is 5.69 Å². The molecule has 1 unspecified atom stereocenters. The van der Waals surface area contributed by atoms with Crippen LogP contribution in [-0.2, 0) is 11.2 Å². The van der Waals surface area contributed by atoms with Crippen molar-refractivity contribution in [3.8, 4) is 0 Å². The Morgan fingerprint density at radius 1 is 1.05 bits per heavy atom. The third-order valence-electron chi connectivity index (χ3n) is 4.34. The molecule has 3 nitrogen and oxygen atoms in total. The fourth-order valence-corrected chi connectivity index (χ4v) is 2.79. The standard InChI is InChI=1S/C18H19NO2/c1-11-4-5-13(8-12(11)2)18(21)14-6-7-16-15(9-14)10-17(20)19(16)3/h4-9,18,21H,10H2,1-3H3. The van der Waals surface area contributed by atoms with E-state index in [4.69, 9.17) is 0 Å². The highest BCUT2D eigenvalue weighted by molar-refractivity contribution is 6.00. The first-order chi connectivity index (χ1) is 9.97. The molecule has 1 N–H and O–H groups in total. The van der Waals surface area contributed by atoms with Gasteiger partial charge in [-0.25, -0.2) is 0 Å². The molecular formula is C18H19NO2. The molecule has 1 amide bonds. The average Bonchev–Trinajstić information content (AvgIpc) is 2.76. The van der Waals surface area contributed by atoms with Crippen molar-refractivity contribution in [2.45, 2.75) is 26.4 Å². The van der Waals surface area contributed by atoms with Crippen molar-refractivity contribution in [1.82, 2.24) is 0 Å². The summed E-state index contributed by atoms with van der Waals surface area (Å²) >= 11 is 0. The number of fused-ring (bicyclic) bond motifs is 1. The Morgan fingerprint density at radius 2 is 1.71 bits per heavy atom. The molecule has 21 heavy (non-hydrogen) atoms. The van der Waals surface area contributed by atoms with E-state index in [1.807, 2.05) is 43.3 Å². The van der Waals surface area contributed by atoms with Crippen LogP contribution in [0.5, 0.6) is 0 Å². The minimum Gasteiger partial charge on any atom is -0.384 e. The molecule has 0 spiro atoms. The second-order valence-corrected chi connectivity index (χ2v) is 5.76. The van der Waals surface area contributed by atoms with Gasteiger partial charge in [0.2, 0.25) is 5.91 Å². The van der Waals surface area contributed by atoms with Crippen LogP contribution < -0.4 is 4.90 Å². The first-order valence-electron chi connectivity index (χ1n) is 7.12. The lowest BCUT2D eigenvalue weighted by molar-refractivity contribution is -0.117. The first-order valence-corrected chi connectivity index (χ1v) is 7.12. The Labute approximate surface area is 124 Å². The highest BCUT2D eigenvalue weighted by atomic mass is 16.3. The lowest BCUT2D eigenvalue weighted by atomic mass is 9.96. The Bertz CT molecular complexity index is 721. The van der Waals surface area contributed by atoms with Gasteiger partial charge in [-0.3, -0.25) is 4.79 Å². The molecule has 0 bridgehead atoms. The lowest BCUT2D eigenvalue weighted by Crippen LogP contribution is -2.20. The zero-order valence-corrected chi connectivity index (χ0v) is 12.6. The minimum absolute atomic E-state index is 0.0998. The molecular weight excluding hydrogens is 262 g/mol. The van der Waals surface area contributed by atoms with Crippen molar-refractivity contribution in [3.05, 3.63) is 64.2 Å². The van der Waals surface area contributed by atoms with E-state index in [2.05, 4.69) is 6.92 Å². The monoisotopic (exact) mass is 281 g/mol. The van der Waals surface area contributed by atoms with Crippen molar-refractivity contribution in [1.29, 1.82) is 0 Å². The zero-order valence-electron chi connectivity index (χ0n) is 12.6. The van der Waals surface area contributed by atoms with E-state index in [1.165, 1.54) is 11.1 Å². The Morgan fingerprint density at radius 3 is 2.43 bits per heavy atom. The molecule has 2 aromatic carbocycles. The van der Waals surface area contributed by atoms with Crippen LogP contribution in [0, 0.1) is 13.8 Å². The van der Waals surface area contributed by atoms with Crippen LogP contribution in [0.1, 0.15) is 33.9 Å². The normalized spacial score (nSPS) is 15.2. The summed E-state index contributed by atoms with van der Waals surface area (Å²) in [7, 11) is 1.79. The fraction of sp³-hybridized carbons (Fsp3) is 0.278. The molecule has 0 radical (unpaired) electrons. The number of aliphatic hydroxyl groups is 1. The van der Waals surface area contributed by atoms with Crippen LogP contribution in [0.2, 0.25) is 0 Å². The minimum atomic E-state index is -0.657. The van der Waals surface area contributed by atoms with E-state index < -0.39 is 6.10 Å². The summed E-state index contributed by atoms with van der Waals surface area (Å²) in [4.78, 5) is 13.4. The van der Waals surface area contributed by atoms with Gasteiger partial charge in [0.05, 0.1) is 6.42 Å². The summed E-state index contributed by atoms with van der Waals surface area (Å²) in [5.74, 6) is 0.0998. The number of hydrogen-bond acceptors (Lipinski definition) is 2. The molecule has 1 atom stereocenters. The Hall–Kier alpha value is -2.13. The topological polar surface area (TPSA) is 40.5 Å². The maximum absolute atomic E-state index is 11.7. The van der Waals surface area contributed by atoms with Gasteiger partial charge in [-0.2, -0.15) is 0 Å². The van der Waals surface area contributed by atoms with E-state index in [-0.39, 0.29) is 5.91 Å². The van der Waals surface area contributed by atoms with Gasteiger partial charge in [0.15, 0.2) is 0 Å². The molecule has 108 valence electrons. The van der Waals surface area contributed by atoms with Crippen LogP contribution in [-0.4, -0.2) is 18.1 Å². The van der Waals surface area contributed by atoms with Gasteiger partial charge in [0.1, 0.15) is 6.10 Å². The maximum Gasteiger partial charge on any atom is 0.231 e. The van der Waals surface area contributed by atoms with Gasteiger partial charge in [-0.15, -0.1) is 0 Å². The molecule has 0 fully saturated rings. The van der Waals surface area contributed by atoms with Crippen molar-refractivity contribution < 1.29 is 9.90 Å². The van der Waals surface area contributed by atoms with Gasteiger partial charge in [0.25, 0.3) is 0 Å². The predicted octanol–water partition coefficient (Wildman–Crippen LogP) is 2.90. The molecule has 0 saturated heterocycles. The molecule has 1 aliphatic heterocycles. The number of hydrogen-bond donors (Lipinski definition) is 1. The average molecular weight is 281 g/mol. The van der Waals surface area contributed by atoms with Crippen LogP contribution in [0.15, 0.2) is 36.4 Å². The van der Waals surface area contributed by atoms with E-state index in [0.717, 1.165) is 22.4 Å². The Kier molecular flexibility index (Phi) is 3.30. The molecule has 1 aliphatic rings. The molecule has 0 saturated carbocycles. The number of anilines is 1. The summed E-state index contributed by atoms with van der Waals surface area (Å²) in [5, 5.41) is 10.6. The smallest absolute Gasteiger partial charge is 0.231 e. The number of aryl methyl sites for hydroxylation is 2. The second kappa shape index (κ2) is 5.01. The Balaban J connectivity index is 1.96. The third-order valence-corrected chi connectivity index (χ3v) is 4.34. The van der Waals surface area contributed by atoms with Crippen LogP contribution in [0.25, 0.3) is 0 Å². The number of likely N-dealkylation sites (N-methyl/N-ethyl adjacent to an activating group) is 1. The lowest BCUT2D eigenvalue weighted by Gasteiger charge is -2.15. The SMILES string of the molecule is Cc1ccc(C(O)c2ccc3c(c2)CC(=O)N3C)cc1C. The van der Waals surface area contributed by atoms with Crippen molar-refractivity contribution in [2.24, 2.45) is 0 Å². The molecule has 0 aliphatic carbocycles. The first kappa shape index (κ1) is 13.8. The maximum atomic E-state index is 11.7. The van der Waals surface area contributed by atoms with Gasteiger partial charge < -0.3 is 10.0 Å². The molecule has 3 rings (SSSR count).